The van der Waals surface area contributed by atoms with Crippen molar-refractivity contribution in [3.8, 4) is 11.3 Å². The summed E-state index contributed by atoms with van der Waals surface area (Å²) in [6.07, 6.45) is 4.56. The molecular weight excluding hydrogens is 214 g/mol. The lowest BCUT2D eigenvalue weighted by atomic mass is 10.0. The quantitative estimate of drug-likeness (QED) is 0.791. The molecule has 2 aromatic heterocycles. The first kappa shape index (κ1) is 10.5. The molecule has 0 atom stereocenters. The van der Waals surface area contributed by atoms with Crippen molar-refractivity contribution in [3.63, 3.8) is 0 Å². The molecule has 3 heterocycles. The molecule has 0 spiro atoms. The summed E-state index contributed by atoms with van der Waals surface area (Å²) < 4.78 is 7.64. The van der Waals surface area contributed by atoms with Gasteiger partial charge in [-0.3, -0.25) is 9.67 Å². The molecule has 0 saturated carbocycles. The van der Waals surface area contributed by atoms with Gasteiger partial charge in [-0.05, 0) is 19.1 Å². The Morgan fingerprint density at radius 2 is 2.18 bits per heavy atom. The number of rotatable bonds is 2. The lowest BCUT2D eigenvalue weighted by molar-refractivity contribution is 0.109. The summed E-state index contributed by atoms with van der Waals surface area (Å²) in [4.78, 5) is 4.04. The number of aryl methyl sites for hydroxylation is 1. The van der Waals surface area contributed by atoms with Gasteiger partial charge in [0.15, 0.2) is 0 Å². The Kier molecular flexibility index (Phi) is 2.65. The van der Waals surface area contributed by atoms with Gasteiger partial charge in [0.1, 0.15) is 0 Å². The van der Waals surface area contributed by atoms with Crippen molar-refractivity contribution >= 4 is 0 Å². The summed E-state index contributed by atoms with van der Waals surface area (Å²) in [7, 11) is 0. The molecule has 0 unspecified atom stereocenters. The van der Waals surface area contributed by atoms with E-state index in [4.69, 9.17) is 4.74 Å². The molecule has 0 fully saturated rings. The third-order valence-electron chi connectivity index (χ3n) is 3.15. The van der Waals surface area contributed by atoms with Crippen molar-refractivity contribution in [3.05, 3.63) is 35.8 Å². The normalized spacial score (nSPS) is 14.6. The minimum atomic E-state index is 0.674. The first-order valence-corrected chi connectivity index (χ1v) is 5.97. The fourth-order valence-electron chi connectivity index (χ4n) is 2.31. The Bertz CT molecular complexity index is 519. The van der Waals surface area contributed by atoms with Crippen molar-refractivity contribution in [2.45, 2.75) is 26.5 Å². The lowest BCUT2D eigenvalue weighted by Crippen LogP contribution is -2.13. The average Bonchev–Trinajstić information content (AvgIpc) is 2.78. The molecule has 4 heteroatoms. The largest absolute Gasteiger partial charge is 0.376 e. The standard InChI is InChI=1S/C13H15N3O/c1-2-16-12-5-8-17-9-11(12)13(15-16)10-3-6-14-7-4-10/h3-4,6-7H,2,5,8-9H2,1H3. The van der Waals surface area contributed by atoms with Crippen LogP contribution in [-0.4, -0.2) is 21.4 Å². The molecule has 4 nitrogen and oxygen atoms in total. The van der Waals surface area contributed by atoms with Crippen LogP contribution in [0.3, 0.4) is 0 Å². The van der Waals surface area contributed by atoms with E-state index in [-0.39, 0.29) is 0 Å². The van der Waals surface area contributed by atoms with E-state index in [1.165, 1.54) is 11.3 Å². The molecule has 88 valence electrons. The van der Waals surface area contributed by atoms with Gasteiger partial charge in [-0.1, -0.05) is 0 Å². The summed E-state index contributed by atoms with van der Waals surface area (Å²) >= 11 is 0. The number of hydrogen-bond donors (Lipinski definition) is 0. The fourth-order valence-corrected chi connectivity index (χ4v) is 2.31. The monoisotopic (exact) mass is 229 g/mol. The van der Waals surface area contributed by atoms with Gasteiger partial charge in [-0.25, -0.2) is 0 Å². The Morgan fingerprint density at radius 3 is 2.94 bits per heavy atom. The van der Waals surface area contributed by atoms with E-state index < -0.39 is 0 Å². The molecule has 0 aromatic carbocycles. The van der Waals surface area contributed by atoms with Gasteiger partial charge in [0, 0.05) is 42.2 Å². The fraction of sp³-hybridized carbons (Fsp3) is 0.385. The first-order chi connectivity index (χ1) is 8.40. The highest BCUT2D eigenvalue weighted by atomic mass is 16.5. The molecule has 2 aromatic rings. The summed E-state index contributed by atoms with van der Waals surface area (Å²) in [6, 6.07) is 3.99. The zero-order chi connectivity index (χ0) is 11.7. The number of ether oxygens (including phenoxy) is 1. The second-order valence-electron chi connectivity index (χ2n) is 4.13. The van der Waals surface area contributed by atoms with Crippen molar-refractivity contribution in [1.29, 1.82) is 0 Å². The van der Waals surface area contributed by atoms with Crippen LogP contribution in [0.1, 0.15) is 18.2 Å². The molecule has 1 aliphatic heterocycles. The van der Waals surface area contributed by atoms with Crippen LogP contribution >= 0.6 is 0 Å². The number of fused-ring (bicyclic) bond motifs is 1. The second kappa shape index (κ2) is 4.30. The molecule has 0 bridgehead atoms. The number of pyridine rings is 1. The van der Waals surface area contributed by atoms with Crippen LogP contribution < -0.4 is 0 Å². The van der Waals surface area contributed by atoms with Gasteiger partial charge in [0.25, 0.3) is 0 Å². The molecule has 1 aliphatic rings. The maximum absolute atomic E-state index is 5.55. The molecule has 0 saturated heterocycles. The van der Waals surface area contributed by atoms with Gasteiger partial charge in [0.05, 0.1) is 18.9 Å². The minimum absolute atomic E-state index is 0.674. The maximum atomic E-state index is 5.55. The van der Waals surface area contributed by atoms with Crippen LogP contribution in [0, 0.1) is 0 Å². The van der Waals surface area contributed by atoms with Crippen molar-refractivity contribution in [1.82, 2.24) is 14.8 Å². The molecule has 0 aliphatic carbocycles. The molecule has 17 heavy (non-hydrogen) atoms. The minimum Gasteiger partial charge on any atom is -0.376 e. The van der Waals surface area contributed by atoms with E-state index in [0.29, 0.717) is 6.61 Å². The van der Waals surface area contributed by atoms with E-state index in [2.05, 4.69) is 21.7 Å². The third kappa shape index (κ3) is 1.74. The van der Waals surface area contributed by atoms with Crippen LogP contribution in [0.15, 0.2) is 24.5 Å². The van der Waals surface area contributed by atoms with Gasteiger partial charge < -0.3 is 4.74 Å². The van der Waals surface area contributed by atoms with Crippen LogP contribution in [0.2, 0.25) is 0 Å². The third-order valence-corrected chi connectivity index (χ3v) is 3.15. The van der Waals surface area contributed by atoms with Gasteiger partial charge >= 0.3 is 0 Å². The molecule has 0 amide bonds. The number of hydrogen-bond acceptors (Lipinski definition) is 3. The maximum Gasteiger partial charge on any atom is 0.0982 e. The van der Waals surface area contributed by atoms with Crippen molar-refractivity contribution < 1.29 is 4.74 Å². The van der Waals surface area contributed by atoms with E-state index >= 15 is 0 Å². The summed E-state index contributed by atoms with van der Waals surface area (Å²) in [5.41, 5.74) is 4.73. The highest BCUT2D eigenvalue weighted by Gasteiger charge is 2.21. The van der Waals surface area contributed by atoms with E-state index in [9.17, 15) is 0 Å². The highest BCUT2D eigenvalue weighted by molar-refractivity contribution is 5.63. The van der Waals surface area contributed by atoms with Crippen molar-refractivity contribution in [2.24, 2.45) is 0 Å². The molecule has 0 N–H and O–H groups in total. The van der Waals surface area contributed by atoms with Gasteiger partial charge in [-0.2, -0.15) is 5.10 Å². The van der Waals surface area contributed by atoms with Crippen LogP contribution in [0.4, 0.5) is 0 Å². The summed E-state index contributed by atoms with van der Waals surface area (Å²) in [6.45, 7) is 4.51. The summed E-state index contributed by atoms with van der Waals surface area (Å²) in [5, 5.41) is 4.69. The van der Waals surface area contributed by atoms with E-state index in [1.807, 2.05) is 12.1 Å². The second-order valence-corrected chi connectivity index (χ2v) is 4.13. The lowest BCUT2D eigenvalue weighted by Gasteiger charge is -2.14. The predicted octanol–water partition coefficient (Wildman–Crippen LogP) is 2.04. The van der Waals surface area contributed by atoms with E-state index in [1.54, 1.807) is 12.4 Å². The van der Waals surface area contributed by atoms with Gasteiger partial charge in [-0.15, -0.1) is 0 Å². The number of nitrogens with zero attached hydrogens (tertiary/aromatic N) is 3. The zero-order valence-electron chi connectivity index (χ0n) is 9.89. The zero-order valence-corrected chi connectivity index (χ0v) is 9.89. The first-order valence-electron chi connectivity index (χ1n) is 5.97. The van der Waals surface area contributed by atoms with Crippen LogP contribution in [0.25, 0.3) is 11.3 Å². The van der Waals surface area contributed by atoms with Gasteiger partial charge in [0.2, 0.25) is 0 Å². The summed E-state index contributed by atoms with van der Waals surface area (Å²) in [5.74, 6) is 0. The topological polar surface area (TPSA) is 39.9 Å². The Balaban J connectivity index is 2.14. The van der Waals surface area contributed by atoms with Crippen molar-refractivity contribution in [2.75, 3.05) is 6.61 Å². The molecule has 3 rings (SSSR count). The average molecular weight is 229 g/mol. The Labute approximate surface area is 100 Å². The highest BCUT2D eigenvalue weighted by Crippen LogP contribution is 2.28. The Hall–Kier alpha value is -1.68. The SMILES string of the molecule is CCn1nc(-c2ccncc2)c2c1CCOC2. The number of aromatic nitrogens is 3. The smallest absolute Gasteiger partial charge is 0.0982 e. The molecule has 0 radical (unpaired) electrons. The van der Waals surface area contributed by atoms with E-state index in [0.717, 1.165) is 30.8 Å². The van der Waals surface area contributed by atoms with Crippen LogP contribution in [0.5, 0.6) is 0 Å². The van der Waals surface area contributed by atoms with Crippen LogP contribution in [-0.2, 0) is 24.3 Å². The Morgan fingerprint density at radius 1 is 1.35 bits per heavy atom. The molecular formula is C13H15N3O. The predicted molar refractivity (Wildman–Crippen MR) is 64.5 cm³/mol.